The molecule has 3 N–H and O–H groups in total. The van der Waals surface area contributed by atoms with Crippen molar-refractivity contribution < 1.29 is 4.79 Å². The highest BCUT2D eigenvalue weighted by Crippen LogP contribution is 2.21. The zero-order chi connectivity index (χ0) is 13.2. The van der Waals surface area contributed by atoms with Gasteiger partial charge in [0.15, 0.2) is 5.82 Å². The molecule has 0 spiro atoms. The number of fused-ring (bicyclic) bond motifs is 1. The smallest absolute Gasteiger partial charge is 0.247 e. The SMILES string of the molecule is Nc1cnn(CC(=O)Nc2ccc3ncsc3c2)n1. The molecule has 0 atom stereocenters. The Kier molecular flexibility index (Phi) is 2.84. The van der Waals surface area contributed by atoms with Gasteiger partial charge in [-0.1, -0.05) is 0 Å². The Hall–Kier alpha value is -2.48. The van der Waals surface area contributed by atoms with Gasteiger partial charge in [-0.3, -0.25) is 4.79 Å². The van der Waals surface area contributed by atoms with Crippen LogP contribution in [0.15, 0.2) is 29.9 Å². The van der Waals surface area contributed by atoms with Crippen molar-refractivity contribution >= 4 is 39.0 Å². The molecule has 3 aromatic rings. The van der Waals surface area contributed by atoms with Crippen molar-refractivity contribution in [3.8, 4) is 0 Å². The van der Waals surface area contributed by atoms with Crippen LogP contribution in [0.3, 0.4) is 0 Å². The van der Waals surface area contributed by atoms with Gasteiger partial charge in [0, 0.05) is 5.69 Å². The lowest BCUT2D eigenvalue weighted by Gasteiger charge is -2.04. The molecule has 0 saturated heterocycles. The predicted molar refractivity (Wildman–Crippen MR) is 72.7 cm³/mol. The number of rotatable bonds is 3. The van der Waals surface area contributed by atoms with Crippen LogP contribution < -0.4 is 11.1 Å². The van der Waals surface area contributed by atoms with E-state index in [4.69, 9.17) is 5.73 Å². The van der Waals surface area contributed by atoms with Gasteiger partial charge in [0.05, 0.1) is 21.9 Å². The van der Waals surface area contributed by atoms with Gasteiger partial charge in [-0.15, -0.1) is 16.4 Å². The van der Waals surface area contributed by atoms with Gasteiger partial charge >= 0.3 is 0 Å². The van der Waals surface area contributed by atoms with E-state index in [0.29, 0.717) is 5.82 Å². The topological polar surface area (TPSA) is 98.7 Å². The number of hydrogen-bond donors (Lipinski definition) is 2. The van der Waals surface area contributed by atoms with E-state index in [1.807, 2.05) is 18.2 Å². The Bertz CT molecular complexity index is 733. The second-order valence-corrected chi connectivity index (χ2v) is 4.77. The minimum atomic E-state index is -0.209. The monoisotopic (exact) mass is 274 g/mol. The highest BCUT2D eigenvalue weighted by molar-refractivity contribution is 7.16. The molecule has 2 heterocycles. The van der Waals surface area contributed by atoms with Gasteiger partial charge in [0.1, 0.15) is 6.54 Å². The Balaban J connectivity index is 1.71. The van der Waals surface area contributed by atoms with E-state index in [1.54, 1.807) is 5.51 Å². The van der Waals surface area contributed by atoms with Crippen LogP contribution >= 0.6 is 11.3 Å². The lowest BCUT2D eigenvalue weighted by Crippen LogP contribution is -2.20. The average Bonchev–Trinajstić information content (AvgIpc) is 2.97. The highest BCUT2D eigenvalue weighted by atomic mass is 32.1. The Morgan fingerprint density at radius 3 is 3.16 bits per heavy atom. The van der Waals surface area contributed by atoms with Crippen LogP contribution in [-0.4, -0.2) is 25.9 Å². The summed E-state index contributed by atoms with van der Waals surface area (Å²) < 4.78 is 1.03. The van der Waals surface area contributed by atoms with E-state index in [2.05, 4.69) is 20.5 Å². The lowest BCUT2D eigenvalue weighted by molar-refractivity contribution is -0.117. The van der Waals surface area contributed by atoms with Crippen LogP contribution in [0.5, 0.6) is 0 Å². The van der Waals surface area contributed by atoms with Gasteiger partial charge < -0.3 is 11.1 Å². The fourth-order valence-corrected chi connectivity index (χ4v) is 2.37. The summed E-state index contributed by atoms with van der Waals surface area (Å²) in [5, 5.41) is 10.5. The number of aromatic nitrogens is 4. The Labute approximate surface area is 112 Å². The molecule has 0 aliphatic rings. The third-order valence-electron chi connectivity index (χ3n) is 2.45. The van der Waals surface area contributed by atoms with Crippen molar-refractivity contribution in [1.29, 1.82) is 0 Å². The van der Waals surface area contributed by atoms with Crippen molar-refractivity contribution in [2.75, 3.05) is 11.1 Å². The summed E-state index contributed by atoms with van der Waals surface area (Å²) in [7, 11) is 0. The molecule has 3 rings (SSSR count). The molecule has 0 radical (unpaired) electrons. The van der Waals surface area contributed by atoms with Gasteiger partial charge in [0.2, 0.25) is 5.91 Å². The summed E-state index contributed by atoms with van der Waals surface area (Å²) in [6.07, 6.45) is 1.40. The first-order valence-electron chi connectivity index (χ1n) is 5.49. The average molecular weight is 274 g/mol. The second kappa shape index (κ2) is 4.65. The van der Waals surface area contributed by atoms with Crippen molar-refractivity contribution in [3.63, 3.8) is 0 Å². The highest BCUT2D eigenvalue weighted by Gasteiger charge is 2.06. The number of hydrogen-bond acceptors (Lipinski definition) is 6. The van der Waals surface area contributed by atoms with E-state index in [1.165, 1.54) is 22.3 Å². The zero-order valence-electron chi connectivity index (χ0n) is 9.78. The molecule has 0 bridgehead atoms. The first-order valence-corrected chi connectivity index (χ1v) is 6.37. The summed E-state index contributed by atoms with van der Waals surface area (Å²) >= 11 is 1.53. The quantitative estimate of drug-likeness (QED) is 0.745. The van der Waals surface area contributed by atoms with Crippen LogP contribution in [0.1, 0.15) is 0 Å². The number of carbonyl (C=O) groups is 1. The maximum Gasteiger partial charge on any atom is 0.247 e. The zero-order valence-corrected chi connectivity index (χ0v) is 10.6. The molecular weight excluding hydrogens is 264 g/mol. The summed E-state index contributed by atoms with van der Waals surface area (Å²) in [4.78, 5) is 17.2. The van der Waals surface area contributed by atoms with E-state index in [0.717, 1.165) is 15.9 Å². The third kappa shape index (κ3) is 2.52. The fraction of sp³-hybridized carbons (Fsp3) is 0.0909. The van der Waals surface area contributed by atoms with Crippen LogP contribution in [0, 0.1) is 0 Å². The van der Waals surface area contributed by atoms with Crippen LogP contribution in [0.4, 0.5) is 11.5 Å². The summed E-state index contributed by atoms with van der Waals surface area (Å²) in [5.74, 6) is 0.0818. The summed E-state index contributed by atoms with van der Waals surface area (Å²) in [6, 6.07) is 5.56. The van der Waals surface area contributed by atoms with E-state index >= 15 is 0 Å². The minimum Gasteiger partial charge on any atom is -0.381 e. The Morgan fingerprint density at radius 1 is 1.47 bits per heavy atom. The van der Waals surface area contributed by atoms with Crippen LogP contribution in [-0.2, 0) is 11.3 Å². The molecule has 0 aliphatic heterocycles. The lowest BCUT2D eigenvalue weighted by atomic mass is 10.3. The number of benzene rings is 1. The van der Waals surface area contributed by atoms with Crippen molar-refractivity contribution in [2.45, 2.75) is 6.54 Å². The molecule has 1 aromatic carbocycles. The standard InChI is InChI=1S/C11H10N6OS/c12-10-4-14-17(16-10)5-11(18)15-7-1-2-8-9(3-7)19-6-13-8/h1-4,6H,5H2,(H2,12,16)(H,15,18). The second-order valence-electron chi connectivity index (χ2n) is 3.88. The van der Waals surface area contributed by atoms with Crippen LogP contribution in [0.25, 0.3) is 10.2 Å². The van der Waals surface area contributed by atoms with Crippen molar-refractivity contribution in [2.24, 2.45) is 0 Å². The van der Waals surface area contributed by atoms with Gasteiger partial charge in [0.25, 0.3) is 0 Å². The maximum atomic E-state index is 11.8. The normalized spacial score (nSPS) is 10.7. The van der Waals surface area contributed by atoms with Crippen LogP contribution in [0.2, 0.25) is 0 Å². The molecule has 0 aliphatic carbocycles. The number of carbonyl (C=O) groups excluding carboxylic acids is 1. The van der Waals surface area contributed by atoms with E-state index in [-0.39, 0.29) is 12.5 Å². The molecule has 8 heteroatoms. The van der Waals surface area contributed by atoms with E-state index < -0.39 is 0 Å². The molecule has 0 saturated carbocycles. The minimum absolute atomic E-state index is 0.0257. The van der Waals surface area contributed by atoms with Crippen molar-refractivity contribution in [1.82, 2.24) is 20.0 Å². The third-order valence-corrected chi connectivity index (χ3v) is 3.25. The fourth-order valence-electron chi connectivity index (χ4n) is 1.65. The molecule has 1 amide bonds. The first-order chi connectivity index (χ1) is 9.20. The number of nitrogens with two attached hydrogens (primary N) is 1. The molecule has 2 aromatic heterocycles. The molecule has 0 unspecified atom stereocenters. The first kappa shape index (κ1) is 11.6. The Morgan fingerprint density at radius 2 is 2.37 bits per heavy atom. The van der Waals surface area contributed by atoms with Gasteiger partial charge in [-0.2, -0.15) is 9.90 Å². The predicted octanol–water partition coefficient (Wildman–Crippen LogP) is 1.11. The number of nitrogen functional groups attached to an aromatic ring is 1. The summed E-state index contributed by atoms with van der Waals surface area (Å²) in [6.45, 7) is 0.0257. The number of amides is 1. The molecule has 7 nitrogen and oxygen atoms in total. The summed E-state index contributed by atoms with van der Waals surface area (Å²) in [5.41, 5.74) is 8.84. The number of nitrogens with one attached hydrogen (secondary N) is 1. The molecule has 96 valence electrons. The van der Waals surface area contributed by atoms with Gasteiger partial charge in [-0.25, -0.2) is 4.98 Å². The van der Waals surface area contributed by atoms with E-state index in [9.17, 15) is 4.79 Å². The molecular formula is C11H10N6OS. The number of anilines is 2. The number of nitrogens with zero attached hydrogens (tertiary/aromatic N) is 4. The largest absolute Gasteiger partial charge is 0.381 e. The molecule has 19 heavy (non-hydrogen) atoms. The van der Waals surface area contributed by atoms with Gasteiger partial charge in [-0.05, 0) is 18.2 Å². The van der Waals surface area contributed by atoms with Crippen molar-refractivity contribution in [3.05, 3.63) is 29.9 Å². The maximum absolute atomic E-state index is 11.8. The molecule has 0 fully saturated rings. The number of thiazole rings is 1.